The minimum absolute atomic E-state index is 0.181. The molecule has 4 rings (SSSR count). The molecule has 3 aromatic heterocycles. The second kappa shape index (κ2) is 6.07. The number of aromatic nitrogens is 5. The smallest absolute Gasteiger partial charge is 0.205 e. The van der Waals surface area contributed by atoms with Gasteiger partial charge in [-0.05, 0) is 24.3 Å². The van der Waals surface area contributed by atoms with E-state index in [2.05, 4.69) is 20.1 Å². The van der Waals surface area contributed by atoms with Gasteiger partial charge in [0, 0.05) is 31.9 Å². The van der Waals surface area contributed by atoms with Gasteiger partial charge in [0.05, 0.1) is 15.8 Å². The Morgan fingerprint density at radius 2 is 2.12 bits per heavy atom. The summed E-state index contributed by atoms with van der Waals surface area (Å²) in [5.41, 5.74) is 1.38. The van der Waals surface area contributed by atoms with Gasteiger partial charge < -0.3 is 4.98 Å². The first-order valence-corrected chi connectivity index (χ1v) is 9.40. The Balaban J connectivity index is 1.56. The van der Waals surface area contributed by atoms with Gasteiger partial charge in [-0.15, -0.1) is 0 Å². The normalized spacial score (nSPS) is 12.1. The number of hydroxylamine groups is 1. The van der Waals surface area contributed by atoms with Crippen LogP contribution in [0.2, 0.25) is 0 Å². The maximum atomic E-state index is 12.6. The average molecular weight is 372 g/mol. The Morgan fingerprint density at radius 1 is 1.27 bits per heavy atom. The number of hydrogen-bond donors (Lipinski definition) is 1. The van der Waals surface area contributed by atoms with E-state index in [-0.39, 0.29) is 4.90 Å². The fraction of sp³-hybridized carbons (Fsp3) is 0.188. The third-order valence-electron chi connectivity index (χ3n) is 3.98. The molecule has 1 N–H and O–H groups in total. The minimum atomic E-state index is -3.64. The van der Waals surface area contributed by atoms with Crippen LogP contribution in [0.5, 0.6) is 0 Å². The van der Waals surface area contributed by atoms with E-state index < -0.39 is 15.8 Å². The molecule has 0 radical (unpaired) electrons. The summed E-state index contributed by atoms with van der Waals surface area (Å²) >= 11 is 0. The summed E-state index contributed by atoms with van der Waals surface area (Å²) in [4.78, 5) is 16.9. The van der Waals surface area contributed by atoms with Crippen molar-refractivity contribution in [3.8, 4) is 0 Å². The van der Waals surface area contributed by atoms with Crippen LogP contribution in [0.4, 0.5) is 5.82 Å². The topological polar surface area (TPSA) is 106 Å². The molecule has 0 saturated carbocycles. The Hall–Kier alpha value is -2.98. The van der Waals surface area contributed by atoms with Gasteiger partial charge >= 0.3 is 0 Å². The number of sulfone groups is 1. The molecular formula is C16H16N6O3S. The third-order valence-corrected chi connectivity index (χ3v) is 5.37. The Labute approximate surface area is 149 Å². The van der Waals surface area contributed by atoms with Gasteiger partial charge in [0.2, 0.25) is 9.84 Å². The molecule has 0 atom stereocenters. The molecule has 10 heteroatoms. The zero-order valence-electron chi connectivity index (χ0n) is 14.1. The predicted molar refractivity (Wildman–Crippen MR) is 96.1 cm³/mol. The van der Waals surface area contributed by atoms with Crippen molar-refractivity contribution < 1.29 is 13.3 Å². The van der Waals surface area contributed by atoms with E-state index in [1.54, 1.807) is 49.4 Å². The van der Waals surface area contributed by atoms with Crippen LogP contribution in [0, 0.1) is 0 Å². The quantitative estimate of drug-likeness (QED) is 0.531. The highest BCUT2D eigenvalue weighted by Gasteiger charge is 2.19. The van der Waals surface area contributed by atoms with Crippen molar-refractivity contribution in [1.82, 2.24) is 24.7 Å². The molecule has 0 unspecified atom stereocenters. The number of H-pyrrole nitrogens is 1. The number of aromatic amines is 1. The lowest BCUT2D eigenvalue weighted by molar-refractivity contribution is 0.162. The molecule has 9 nitrogen and oxygen atoms in total. The van der Waals surface area contributed by atoms with Gasteiger partial charge in [-0.2, -0.15) is 5.10 Å². The number of benzene rings is 1. The van der Waals surface area contributed by atoms with Crippen LogP contribution in [-0.2, 0) is 21.7 Å². The predicted octanol–water partition coefficient (Wildman–Crippen LogP) is 1.64. The third kappa shape index (κ3) is 2.89. The maximum Gasteiger partial charge on any atom is 0.205 e. The molecule has 3 heterocycles. The van der Waals surface area contributed by atoms with Crippen molar-refractivity contribution in [2.24, 2.45) is 7.05 Å². The molecule has 0 bridgehead atoms. The number of anilines is 1. The molecular weight excluding hydrogens is 356 g/mol. The lowest BCUT2D eigenvalue weighted by Crippen LogP contribution is -2.23. The number of rotatable bonds is 5. The summed E-state index contributed by atoms with van der Waals surface area (Å²) in [6, 6.07) is 6.61. The van der Waals surface area contributed by atoms with E-state index in [0.29, 0.717) is 11.5 Å². The number of fused-ring (bicyclic) bond motifs is 2. The molecule has 134 valence electrons. The molecule has 0 spiro atoms. The van der Waals surface area contributed by atoms with Crippen molar-refractivity contribution in [3.05, 3.63) is 43.0 Å². The molecule has 0 aliphatic rings. The van der Waals surface area contributed by atoms with Gasteiger partial charge in [-0.1, -0.05) is 0 Å². The van der Waals surface area contributed by atoms with E-state index in [9.17, 15) is 8.42 Å². The number of aryl methyl sites for hydroxylation is 1. The van der Waals surface area contributed by atoms with Crippen LogP contribution < -0.4 is 5.06 Å². The Bertz CT molecular complexity index is 1200. The van der Waals surface area contributed by atoms with Crippen molar-refractivity contribution in [2.75, 3.05) is 18.0 Å². The molecule has 0 fully saturated rings. The number of nitrogens with one attached hydrogen (secondary N) is 1. The van der Waals surface area contributed by atoms with E-state index in [0.717, 1.165) is 16.3 Å². The highest BCUT2D eigenvalue weighted by atomic mass is 32.2. The largest absolute Gasteiger partial charge is 0.346 e. The fourth-order valence-corrected chi connectivity index (χ4v) is 3.72. The fourth-order valence-electron chi connectivity index (χ4n) is 2.71. The molecule has 1 aromatic carbocycles. The van der Waals surface area contributed by atoms with Crippen LogP contribution in [-0.4, -0.2) is 46.1 Å². The standard InChI is InChI=1S/C16H16N6O3S/c1-21-8-11-7-12(3-4-14(11)20-21)26(23,24)10-25-22(2)16-13-5-6-17-15(13)18-9-19-16/h3-9H,10H2,1-2H3,(H,17,18,19). The second-order valence-corrected chi connectivity index (χ2v) is 7.76. The van der Waals surface area contributed by atoms with E-state index in [4.69, 9.17) is 4.84 Å². The zero-order valence-corrected chi connectivity index (χ0v) is 14.9. The first-order chi connectivity index (χ1) is 12.4. The monoisotopic (exact) mass is 372 g/mol. The van der Waals surface area contributed by atoms with Crippen LogP contribution >= 0.6 is 0 Å². The van der Waals surface area contributed by atoms with E-state index >= 15 is 0 Å². The molecule has 26 heavy (non-hydrogen) atoms. The van der Waals surface area contributed by atoms with Crippen molar-refractivity contribution in [2.45, 2.75) is 4.90 Å². The van der Waals surface area contributed by atoms with Crippen LogP contribution in [0.25, 0.3) is 21.9 Å². The first-order valence-electron chi connectivity index (χ1n) is 7.75. The Kier molecular flexibility index (Phi) is 3.85. The summed E-state index contributed by atoms with van der Waals surface area (Å²) in [5.74, 6) is -0.0280. The van der Waals surface area contributed by atoms with Gasteiger partial charge in [0.15, 0.2) is 11.8 Å². The molecule has 4 aromatic rings. The molecule has 0 saturated heterocycles. The van der Waals surface area contributed by atoms with Crippen LogP contribution in [0.3, 0.4) is 0 Å². The van der Waals surface area contributed by atoms with Crippen LogP contribution in [0.1, 0.15) is 0 Å². The van der Waals surface area contributed by atoms with Crippen molar-refractivity contribution >= 4 is 37.6 Å². The number of nitrogens with zero attached hydrogens (tertiary/aromatic N) is 5. The van der Waals surface area contributed by atoms with Gasteiger partial charge in [-0.3, -0.25) is 9.52 Å². The average Bonchev–Trinajstić information content (AvgIpc) is 3.23. The second-order valence-electron chi connectivity index (χ2n) is 5.82. The minimum Gasteiger partial charge on any atom is -0.346 e. The highest BCUT2D eigenvalue weighted by Crippen LogP contribution is 2.23. The molecule has 0 aliphatic heterocycles. The SMILES string of the molecule is CN(OCS(=O)(=O)c1ccc2nn(C)cc2c1)c1ncnc2[nH]ccc12. The summed E-state index contributed by atoms with van der Waals surface area (Å²) in [6.45, 7) is 0. The summed E-state index contributed by atoms with van der Waals surface area (Å²) < 4.78 is 26.9. The van der Waals surface area contributed by atoms with Crippen molar-refractivity contribution in [3.63, 3.8) is 0 Å². The zero-order chi connectivity index (χ0) is 18.3. The van der Waals surface area contributed by atoms with Gasteiger partial charge in [0.25, 0.3) is 0 Å². The molecule has 0 amide bonds. The highest BCUT2D eigenvalue weighted by molar-refractivity contribution is 7.91. The Morgan fingerprint density at radius 3 is 2.96 bits per heavy atom. The van der Waals surface area contributed by atoms with E-state index in [1.807, 2.05) is 0 Å². The first kappa shape index (κ1) is 16.5. The molecule has 0 aliphatic carbocycles. The van der Waals surface area contributed by atoms with Crippen LogP contribution in [0.15, 0.2) is 47.9 Å². The lowest BCUT2D eigenvalue weighted by Gasteiger charge is -2.18. The van der Waals surface area contributed by atoms with E-state index in [1.165, 1.54) is 17.5 Å². The summed E-state index contributed by atoms with van der Waals surface area (Å²) in [5, 5.41) is 7.07. The van der Waals surface area contributed by atoms with Crippen molar-refractivity contribution in [1.29, 1.82) is 0 Å². The summed E-state index contributed by atoms with van der Waals surface area (Å²) in [7, 11) is -0.244. The maximum absolute atomic E-state index is 12.6. The van der Waals surface area contributed by atoms with Gasteiger partial charge in [-0.25, -0.2) is 23.4 Å². The number of hydrogen-bond acceptors (Lipinski definition) is 7. The van der Waals surface area contributed by atoms with Gasteiger partial charge in [0.1, 0.15) is 12.0 Å². The lowest BCUT2D eigenvalue weighted by atomic mass is 10.3. The summed E-state index contributed by atoms with van der Waals surface area (Å²) in [6.07, 6.45) is 4.89.